The third-order valence-corrected chi connectivity index (χ3v) is 2.99. The first-order chi connectivity index (χ1) is 10.0. The van der Waals surface area contributed by atoms with Crippen molar-refractivity contribution < 1.29 is 18.3 Å². The summed E-state index contributed by atoms with van der Waals surface area (Å²) in [6, 6.07) is 6.95. The van der Waals surface area contributed by atoms with Crippen molar-refractivity contribution in [1.29, 1.82) is 0 Å². The Morgan fingerprint density at radius 1 is 1.38 bits per heavy atom. The van der Waals surface area contributed by atoms with E-state index in [9.17, 15) is 13.6 Å². The Kier molecular flexibility index (Phi) is 4.85. The van der Waals surface area contributed by atoms with Gasteiger partial charge in [-0.2, -0.15) is 0 Å². The van der Waals surface area contributed by atoms with Gasteiger partial charge < -0.3 is 4.74 Å². The number of hydrogen-bond acceptors (Lipinski definition) is 4. The normalized spacial score (nSPS) is 10.9. The molecular weight excluding hydrogens is 304 g/mol. The fraction of sp³-hybridized carbons (Fsp3) is 0.308. The number of benzene rings is 1. The fourth-order valence-corrected chi connectivity index (χ4v) is 1.85. The molecule has 0 atom stereocenters. The van der Waals surface area contributed by atoms with Gasteiger partial charge in [0.05, 0.1) is 19.5 Å². The zero-order chi connectivity index (χ0) is 15.4. The monoisotopic (exact) mass is 315 g/mol. The van der Waals surface area contributed by atoms with Crippen LogP contribution in [0.4, 0.5) is 8.78 Å². The van der Waals surface area contributed by atoms with Gasteiger partial charge in [0.25, 0.3) is 6.43 Å². The molecule has 0 aliphatic rings. The third-order valence-electron chi connectivity index (χ3n) is 2.75. The third kappa shape index (κ3) is 3.55. The van der Waals surface area contributed by atoms with Crippen LogP contribution in [0.15, 0.2) is 24.3 Å². The van der Waals surface area contributed by atoms with Crippen LogP contribution in [0, 0.1) is 0 Å². The zero-order valence-corrected chi connectivity index (χ0v) is 11.8. The second kappa shape index (κ2) is 6.62. The van der Waals surface area contributed by atoms with Gasteiger partial charge in [-0.1, -0.05) is 12.1 Å². The van der Waals surface area contributed by atoms with E-state index in [0.717, 1.165) is 10.2 Å². The Morgan fingerprint density at radius 2 is 2.05 bits per heavy atom. The number of rotatable bonds is 6. The topological polar surface area (TPSA) is 57.0 Å². The maximum absolute atomic E-state index is 12.7. The summed E-state index contributed by atoms with van der Waals surface area (Å²) in [5.74, 6) is -1.08. The first kappa shape index (κ1) is 15.4. The molecule has 0 radical (unpaired) electrons. The van der Waals surface area contributed by atoms with Crippen molar-refractivity contribution in [3.63, 3.8) is 0 Å². The minimum atomic E-state index is -2.84. The summed E-state index contributed by atoms with van der Waals surface area (Å²) in [5, 5.41) is 3.66. The van der Waals surface area contributed by atoms with E-state index >= 15 is 0 Å². The lowest BCUT2D eigenvalue weighted by atomic mass is 10.2. The maximum atomic E-state index is 12.7. The molecule has 2 aromatic rings. The molecule has 112 valence electrons. The Balaban J connectivity index is 2.30. The Bertz CT molecular complexity index is 629. The van der Waals surface area contributed by atoms with Crippen molar-refractivity contribution in [1.82, 2.24) is 14.8 Å². The molecule has 8 heteroatoms. The molecule has 0 aliphatic heterocycles. The standard InChI is InChI=1S/C13H12ClF2N3O2/c1-21-9-4-2-8(3-5-9)7-19-13(10(20)6-14)17-12(18-19)11(15)16/h2-5,11H,6-7H2,1H3. The van der Waals surface area contributed by atoms with Crippen molar-refractivity contribution in [3.8, 4) is 5.75 Å². The van der Waals surface area contributed by atoms with E-state index in [1.54, 1.807) is 31.4 Å². The number of ether oxygens (including phenoxy) is 1. The highest BCUT2D eigenvalue weighted by molar-refractivity contribution is 6.29. The predicted octanol–water partition coefficient (Wildman–Crippen LogP) is 2.69. The summed E-state index contributed by atoms with van der Waals surface area (Å²) in [4.78, 5) is 15.2. The summed E-state index contributed by atoms with van der Waals surface area (Å²) in [6.07, 6.45) is -2.84. The summed E-state index contributed by atoms with van der Waals surface area (Å²) in [5.41, 5.74) is 0.769. The van der Waals surface area contributed by atoms with Crippen LogP contribution in [-0.4, -0.2) is 33.5 Å². The second-order valence-corrected chi connectivity index (χ2v) is 4.42. The van der Waals surface area contributed by atoms with E-state index in [1.165, 1.54) is 0 Å². The summed E-state index contributed by atoms with van der Waals surface area (Å²) in [6.45, 7) is 0.141. The average Bonchev–Trinajstić information content (AvgIpc) is 2.91. The highest BCUT2D eigenvalue weighted by atomic mass is 35.5. The van der Waals surface area contributed by atoms with Gasteiger partial charge in [0.15, 0.2) is 5.82 Å². The first-order valence-corrected chi connectivity index (χ1v) is 6.53. The number of carbonyl (C=O) groups is 1. The molecule has 0 fully saturated rings. The number of ketones is 1. The number of hydrogen-bond donors (Lipinski definition) is 0. The van der Waals surface area contributed by atoms with Crippen molar-refractivity contribution in [3.05, 3.63) is 41.5 Å². The molecule has 2 rings (SSSR count). The SMILES string of the molecule is COc1ccc(Cn2nc(C(F)F)nc2C(=O)CCl)cc1. The molecule has 0 aliphatic carbocycles. The first-order valence-electron chi connectivity index (χ1n) is 6.00. The lowest BCUT2D eigenvalue weighted by Crippen LogP contribution is -2.13. The van der Waals surface area contributed by atoms with Crippen LogP contribution in [0.3, 0.4) is 0 Å². The van der Waals surface area contributed by atoms with Gasteiger partial charge in [-0.05, 0) is 17.7 Å². The molecule has 0 saturated heterocycles. The molecule has 1 aromatic heterocycles. The summed E-state index contributed by atoms with van der Waals surface area (Å²) in [7, 11) is 1.54. The second-order valence-electron chi connectivity index (χ2n) is 4.16. The quantitative estimate of drug-likeness (QED) is 0.607. The van der Waals surface area contributed by atoms with Gasteiger partial charge in [-0.25, -0.2) is 18.4 Å². The maximum Gasteiger partial charge on any atom is 0.299 e. The lowest BCUT2D eigenvalue weighted by molar-refractivity contribution is 0.100. The van der Waals surface area contributed by atoms with Crippen LogP contribution < -0.4 is 4.74 Å². The number of halogens is 3. The zero-order valence-electron chi connectivity index (χ0n) is 11.1. The number of methoxy groups -OCH3 is 1. The van der Waals surface area contributed by atoms with Crippen molar-refractivity contribution in [2.45, 2.75) is 13.0 Å². The van der Waals surface area contributed by atoms with Crippen LogP contribution in [0.25, 0.3) is 0 Å². The van der Waals surface area contributed by atoms with E-state index in [0.29, 0.717) is 5.75 Å². The lowest BCUT2D eigenvalue weighted by Gasteiger charge is -2.05. The van der Waals surface area contributed by atoms with Crippen molar-refractivity contribution in [2.24, 2.45) is 0 Å². The van der Waals surface area contributed by atoms with E-state index in [2.05, 4.69) is 10.1 Å². The molecule has 0 N–H and O–H groups in total. The minimum absolute atomic E-state index is 0.141. The smallest absolute Gasteiger partial charge is 0.299 e. The Labute approximate surface area is 124 Å². The molecule has 0 saturated carbocycles. The van der Waals surface area contributed by atoms with Gasteiger partial charge in [0.2, 0.25) is 11.6 Å². The molecule has 1 aromatic carbocycles. The summed E-state index contributed by atoms with van der Waals surface area (Å²) >= 11 is 5.46. The molecule has 0 spiro atoms. The molecule has 0 unspecified atom stereocenters. The highest BCUT2D eigenvalue weighted by Crippen LogP contribution is 2.17. The largest absolute Gasteiger partial charge is 0.497 e. The van der Waals surface area contributed by atoms with Crippen LogP contribution in [0.1, 0.15) is 28.4 Å². The average molecular weight is 316 g/mol. The minimum Gasteiger partial charge on any atom is -0.497 e. The van der Waals surface area contributed by atoms with E-state index in [1.807, 2.05) is 0 Å². The van der Waals surface area contributed by atoms with E-state index in [-0.39, 0.29) is 18.2 Å². The van der Waals surface area contributed by atoms with Crippen LogP contribution in [-0.2, 0) is 6.54 Å². The molecule has 0 bridgehead atoms. The number of Topliss-reactive ketones (excluding diaryl/α,β-unsaturated/α-hetero) is 1. The van der Waals surface area contributed by atoms with Crippen LogP contribution in [0.2, 0.25) is 0 Å². The Hall–Kier alpha value is -2.02. The van der Waals surface area contributed by atoms with Gasteiger partial charge in [0, 0.05) is 0 Å². The number of alkyl halides is 3. The molecule has 1 heterocycles. The Morgan fingerprint density at radius 3 is 2.57 bits per heavy atom. The molecular formula is C13H12ClF2N3O2. The predicted molar refractivity (Wildman–Crippen MR) is 72.1 cm³/mol. The van der Waals surface area contributed by atoms with E-state index < -0.39 is 18.0 Å². The van der Waals surface area contributed by atoms with Gasteiger partial charge in [0.1, 0.15) is 5.75 Å². The molecule has 5 nitrogen and oxygen atoms in total. The summed E-state index contributed by atoms with van der Waals surface area (Å²) < 4.78 is 31.5. The molecule has 0 amide bonds. The van der Waals surface area contributed by atoms with Crippen LogP contribution >= 0.6 is 11.6 Å². The number of aromatic nitrogens is 3. The van der Waals surface area contributed by atoms with Gasteiger partial charge in [-0.15, -0.1) is 16.7 Å². The van der Waals surface area contributed by atoms with Crippen molar-refractivity contribution >= 4 is 17.4 Å². The number of nitrogens with zero attached hydrogens (tertiary/aromatic N) is 3. The number of carbonyl (C=O) groups excluding carboxylic acids is 1. The highest BCUT2D eigenvalue weighted by Gasteiger charge is 2.21. The van der Waals surface area contributed by atoms with Gasteiger partial charge in [-0.3, -0.25) is 4.79 Å². The van der Waals surface area contributed by atoms with E-state index in [4.69, 9.17) is 16.3 Å². The fourth-order valence-electron chi connectivity index (χ4n) is 1.73. The van der Waals surface area contributed by atoms with Crippen molar-refractivity contribution in [2.75, 3.05) is 13.0 Å². The van der Waals surface area contributed by atoms with Crippen LogP contribution in [0.5, 0.6) is 5.75 Å². The van der Waals surface area contributed by atoms with Gasteiger partial charge >= 0.3 is 0 Å². The molecule has 21 heavy (non-hydrogen) atoms.